The lowest BCUT2D eigenvalue weighted by atomic mass is 10.1. The van der Waals surface area contributed by atoms with E-state index in [0.717, 1.165) is 54.3 Å². The second kappa shape index (κ2) is 8.58. The molecule has 1 atom stereocenters. The van der Waals surface area contributed by atoms with E-state index in [-0.39, 0.29) is 11.3 Å². The van der Waals surface area contributed by atoms with Crippen molar-refractivity contribution in [3.63, 3.8) is 0 Å². The molecule has 0 radical (unpaired) electrons. The molecule has 0 spiro atoms. The normalized spacial score (nSPS) is 18.1. The number of pyridine rings is 1. The molecule has 1 aliphatic rings. The minimum absolute atomic E-state index is 0.131. The molecule has 1 aliphatic heterocycles. The Kier molecular flexibility index (Phi) is 6.50. The van der Waals surface area contributed by atoms with E-state index in [1.54, 1.807) is 0 Å². The number of aryl methyl sites for hydroxylation is 2. The van der Waals surface area contributed by atoms with Gasteiger partial charge in [0.05, 0.1) is 23.6 Å². The molecule has 160 valence electrons. The average molecular weight is 419 g/mol. The van der Waals surface area contributed by atoms with Crippen LogP contribution in [0.3, 0.4) is 0 Å². The summed E-state index contributed by atoms with van der Waals surface area (Å²) in [6, 6.07) is 3.93. The predicted octanol–water partition coefficient (Wildman–Crippen LogP) is 5.78. The van der Waals surface area contributed by atoms with Crippen LogP contribution in [-0.4, -0.2) is 31.4 Å². The van der Waals surface area contributed by atoms with Crippen LogP contribution in [-0.2, 0) is 16.1 Å². The number of hydrogen-bond acceptors (Lipinski definition) is 6. The van der Waals surface area contributed by atoms with E-state index in [0.29, 0.717) is 12.4 Å². The average Bonchev–Trinajstić information content (AvgIpc) is 3.02. The molecule has 0 aromatic carbocycles. The summed E-state index contributed by atoms with van der Waals surface area (Å²) in [5.41, 5.74) is 3.33. The number of ether oxygens (including phenoxy) is 2. The molecule has 0 N–H and O–H groups in total. The van der Waals surface area contributed by atoms with Gasteiger partial charge in [0.15, 0.2) is 12.1 Å². The van der Waals surface area contributed by atoms with Crippen LogP contribution in [0.4, 0.5) is 0 Å². The van der Waals surface area contributed by atoms with Crippen molar-refractivity contribution in [2.75, 3.05) is 6.61 Å². The highest BCUT2D eigenvalue weighted by Crippen LogP contribution is 2.38. The molecule has 3 heterocycles. The van der Waals surface area contributed by atoms with Gasteiger partial charge in [-0.25, -0.2) is 4.98 Å². The zero-order valence-corrected chi connectivity index (χ0v) is 19.8. The minimum atomic E-state index is -1.92. The molecule has 0 saturated carbocycles. The summed E-state index contributed by atoms with van der Waals surface area (Å²) in [6.45, 7) is 16.2. The van der Waals surface area contributed by atoms with E-state index in [1.165, 1.54) is 0 Å². The minimum Gasteiger partial charge on any atom is -0.542 e. The third kappa shape index (κ3) is 5.08. The van der Waals surface area contributed by atoms with Gasteiger partial charge in [-0.2, -0.15) is 0 Å². The molecular formula is C22H34N2O4Si. The van der Waals surface area contributed by atoms with E-state index >= 15 is 0 Å². The molecule has 0 bridgehead atoms. The molecule has 29 heavy (non-hydrogen) atoms. The Morgan fingerprint density at radius 2 is 1.90 bits per heavy atom. The highest BCUT2D eigenvalue weighted by molar-refractivity contribution is 6.74. The van der Waals surface area contributed by atoms with Crippen molar-refractivity contribution in [1.82, 2.24) is 10.1 Å². The smallest absolute Gasteiger partial charge is 0.250 e. The molecule has 1 saturated heterocycles. The van der Waals surface area contributed by atoms with Gasteiger partial charge in [-0.1, -0.05) is 25.9 Å². The van der Waals surface area contributed by atoms with Crippen molar-refractivity contribution >= 4 is 8.32 Å². The van der Waals surface area contributed by atoms with Crippen LogP contribution in [0.25, 0.3) is 11.5 Å². The van der Waals surface area contributed by atoms with Crippen molar-refractivity contribution in [3.8, 4) is 17.2 Å². The Balaban J connectivity index is 1.78. The molecule has 0 aliphatic carbocycles. The van der Waals surface area contributed by atoms with Crippen molar-refractivity contribution in [1.29, 1.82) is 0 Å². The summed E-state index contributed by atoms with van der Waals surface area (Å²) < 4.78 is 23.7. The van der Waals surface area contributed by atoms with E-state index in [4.69, 9.17) is 23.4 Å². The van der Waals surface area contributed by atoms with E-state index < -0.39 is 8.32 Å². The van der Waals surface area contributed by atoms with E-state index in [1.807, 2.05) is 26.0 Å². The maximum atomic E-state index is 6.44. The molecule has 1 fully saturated rings. The third-order valence-electron chi connectivity index (χ3n) is 5.98. The lowest BCUT2D eigenvalue weighted by molar-refractivity contribution is -0.168. The van der Waals surface area contributed by atoms with Gasteiger partial charge in [0.1, 0.15) is 11.4 Å². The van der Waals surface area contributed by atoms with E-state index in [9.17, 15) is 0 Å². The highest BCUT2D eigenvalue weighted by Gasteiger charge is 2.39. The summed E-state index contributed by atoms with van der Waals surface area (Å²) in [5, 5.41) is 4.27. The molecule has 2 aromatic heterocycles. The zero-order chi connectivity index (χ0) is 21.2. The first-order chi connectivity index (χ1) is 13.6. The zero-order valence-electron chi connectivity index (χ0n) is 18.8. The largest absolute Gasteiger partial charge is 0.542 e. The maximum absolute atomic E-state index is 6.44. The molecular weight excluding hydrogens is 384 g/mol. The first-order valence-electron chi connectivity index (χ1n) is 10.4. The van der Waals surface area contributed by atoms with Gasteiger partial charge < -0.3 is 18.4 Å². The van der Waals surface area contributed by atoms with Crippen LogP contribution in [0.5, 0.6) is 5.75 Å². The predicted molar refractivity (Wildman–Crippen MR) is 115 cm³/mol. The van der Waals surface area contributed by atoms with Gasteiger partial charge in [-0.3, -0.25) is 0 Å². The summed E-state index contributed by atoms with van der Waals surface area (Å²) in [4.78, 5) is 4.76. The third-order valence-corrected chi connectivity index (χ3v) is 10.3. The van der Waals surface area contributed by atoms with Crippen LogP contribution in [0.1, 0.15) is 57.0 Å². The highest BCUT2D eigenvalue weighted by atomic mass is 28.4. The van der Waals surface area contributed by atoms with Crippen LogP contribution in [0.15, 0.2) is 16.7 Å². The standard InChI is InChI=1S/C22H34N2O4Si/c1-15-17(14-26-20-10-8-9-13-25-20)21(27-24-15)18-11-12-19(16(2)23-18)28-29(6,7)22(3,4)5/h11-12,20H,8-10,13-14H2,1-7H3. The molecule has 2 aromatic rings. The van der Waals surface area contributed by atoms with Crippen molar-refractivity contribution in [2.45, 2.75) is 84.9 Å². The second-order valence-electron chi connectivity index (χ2n) is 9.33. The SMILES string of the molecule is Cc1nc(-c2onc(C)c2COC2CCCCO2)ccc1O[Si](C)(C)C(C)(C)C. The first-order valence-corrected chi connectivity index (χ1v) is 13.3. The Labute approximate surface area is 175 Å². The fraction of sp³-hybridized carbons (Fsp3) is 0.636. The van der Waals surface area contributed by atoms with Crippen molar-refractivity contribution in [2.24, 2.45) is 0 Å². The van der Waals surface area contributed by atoms with Gasteiger partial charge in [0, 0.05) is 6.61 Å². The summed E-state index contributed by atoms with van der Waals surface area (Å²) >= 11 is 0. The quantitative estimate of drug-likeness (QED) is 0.554. The molecule has 0 amide bonds. The van der Waals surface area contributed by atoms with Crippen LogP contribution in [0.2, 0.25) is 18.1 Å². The molecule has 3 rings (SSSR count). The second-order valence-corrected chi connectivity index (χ2v) is 14.0. The lowest BCUT2D eigenvalue weighted by Crippen LogP contribution is -2.44. The number of nitrogens with zero attached hydrogens (tertiary/aromatic N) is 2. The summed E-state index contributed by atoms with van der Waals surface area (Å²) in [7, 11) is -1.92. The topological polar surface area (TPSA) is 66.6 Å². The molecule has 7 heteroatoms. The Bertz CT molecular complexity index is 836. The Morgan fingerprint density at radius 1 is 1.14 bits per heavy atom. The number of hydrogen-bond donors (Lipinski definition) is 0. The fourth-order valence-electron chi connectivity index (χ4n) is 2.99. The van der Waals surface area contributed by atoms with E-state index in [2.05, 4.69) is 39.0 Å². The number of rotatable bonds is 6. The van der Waals surface area contributed by atoms with Gasteiger partial charge in [-0.15, -0.1) is 0 Å². The summed E-state index contributed by atoms with van der Waals surface area (Å²) in [6.07, 6.45) is 3.01. The Hall–Kier alpha value is -1.70. The Morgan fingerprint density at radius 3 is 2.52 bits per heavy atom. The van der Waals surface area contributed by atoms with Gasteiger partial charge in [0.25, 0.3) is 8.32 Å². The van der Waals surface area contributed by atoms with Gasteiger partial charge in [0.2, 0.25) is 0 Å². The van der Waals surface area contributed by atoms with Gasteiger partial charge >= 0.3 is 0 Å². The van der Waals surface area contributed by atoms with Crippen molar-refractivity contribution in [3.05, 3.63) is 29.1 Å². The molecule has 1 unspecified atom stereocenters. The van der Waals surface area contributed by atoms with Crippen LogP contribution >= 0.6 is 0 Å². The first kappa shape index (κ1) is 22.0. The number of aromatic nitrogens is 2. The van der Waals surface area contributed by atoms with Gasteiger partial charge in [-0.05, 0) is 63.4 Å². The van der Waals surface area contributed by atoms with Crippen molar-refractivity contribution < 1.29 is 18.4 Å². The maximum Gasteiger partial charge on any atom is 0.250 e. The fourth-order valence-corrected chi connectivity index (χ4v) is 4.06. The van der Waals surface area contributed by atoms with Crippen LogP contribution in [0, 0.1) is 13.8 Å². The molecule has 6 nitrogen and oxygen atoms in total. The summed E-state index contributed by atoms with van der Waals surface area (Å²) in [5.74, 6) is 1.49. The lowest BCUT2D eigenvalue weighted by Gasteiger charge is -2.36. The van der Waals surface area contributed by atoms with Crippen LogP contribution < -0.4 is 4.43 Å². The monoisotopic (exact) mass is 418 g/mol.